The quantitative estimate of drug-likeness (QED) is 0.661. The summed E-state index contributed by atoms with van der Waals surface area (Å²) in [6.07, 6.45) is 2.21. The van der Waals surface area contributed by atoms with E-state index in [1.54, 1.807) is 7.11 Å². The van der Waals surface area contributed by atoms with Crippen molar-refractivity contribution in [2.24, 2.45) is 0 Å². The van der Waals surface area contributed by atoms with E-state index in [0.29, 0.717) is 13.2 Å². The van der Waals surface area contributed by atoms with Gasteiger partial charge < -0.3 is 19.5 Å². The van der Waals surface area contributed by atoms with Crippen LogP contribution in [0.3, 0.4) is 0 Å². The molecular weight excluding hydrogens is 290 g/mol. The normalized spacial score (nSPS) is 10.2. The highest BCUT2D eigenvalue weighted by Gasteiger charge is 2.02. The zero-order chi connectivity index (χ0) is 16.3. The summed E-state index contributed by atoms with van der Waals surface area (Å²) in [6.45, 7) is 4.18. The largest absolute Gasteiger partial charge is 0.494 e. The molecule has 2 aromatic carbocycles. The average Bonchev–Trinajstić information content (AvgIpc) is 2.60. The van der Waals surface area contributed by atoms with E-state index in [-0.39, 0.29) is 0 Å². The highest BCUT2D eigenvalue weighted by Crippen LogP contribution is 2.25. The third kappa shape index (κ3) is 5.74. The molecule has 2 aromatic rings. The van der Waals surface area contributed by atoms with E-state index < -0.39 is 0 Å². The lowest BCUT2D eigenvalue weighted by atomic mass is 10.3. The molecule has 0 saturated carbocycles. The van der Waals surface area contributed by atoms with Crippen LogP contribution < -0.4 is 19.5 Å². The second-order valence-electron chi connectivity index (χ2n) is 5.16. The van der Waals surface area contributed by atoms with Crippen LogP contribution in [-0.2, 0) is 0 Å². The smallest absolute Gasteiger partial charge is 0.161 e. The minimum Gasteiger partial charge on any atom is -0.494 e. The molecule has 0 aliphatic heterocycles. The maximum Gasteiger partial charge on any atom is 0.161 e. The van der Waals surface area contributed by atoms with Gasteiger partial charge in [-0.25, -0.2) is 0 Å². The molecule has 0 saturated heterocycles. The first-order valence-corrected chi connectivity index (χ1v) is 8.06. The van der Waals surface area contributed by atoms with Gasteiger partial charge in [0.15, 0.2) is 11.5 Å². The Hall–Kier alpha value is -2.36. The molecule has 0 bridgehead atoms. The molecule has 4 heteroatoms. The molecule has 0 unspecified atom stereocenters. The summed E-state index contributed by atoms with van der Waals surface area (Å²) in [6, 6.07) is 15.7. The number of rotatable bonds is 10. The number of ether oxygens (including phenoxy) is 3. The summed E-state index contributed by atoms with van der Waals surface area (Å²) in [5, 5.41) is 3.34. The number of methoxy groups -OCH3 is 1. The molecular formula is C19H25NO3. The number of para-hydroxylation sites is 2. The average molecular weight is 315 g/mol. The number of unbranched alkanes of at least 4 members (excludes halogenated alkanes) is 1. The first-order valence-electron chi connectivity index (χ1n) is 8.06. The Bertz CT molecular complexity index is 586. The lowest BCUT2D eigenvalue weighted by Crippen LogP contribution is -2.12. The molecule has 0 fully saturated rings. The van der Waals surface area contributed by atoms with E-state index in [0.717, 1.165) is 42.4 Å². The molecule has 2 rings (SSSR count). The molecule has 23 heavy (non-hydrogen) atoms. The molecule has 0 aliphatic rings. The number of nitrogens with one attached hydrogen (secondary N) is 1. The van der Waals surface area contributed by atoms with E-state index >= 15 is 0 Å². The van der Waals surface area contributed by atoms with Crippen LogP contribution in [0.4, 0.5) is 5.69 Å². The van der Waals surface area contributed by atoms with Crippen LogP contribution in [0.2, 0.25) is 0 Å². The summed E-state index contributed by atoms with van der Waals surface area (Å²) in [5.74, 6) is 2.40. The van der Waals surface area contributed by atoms with Crippen LogP contribution in [0.25, 0.3) is 0 Å². The Morgan fingerprint density at radius 1 is 0.913 bits per heavy atom. The monoisotopic (exact) mass is 315 g/mol. The van der Waals surface area contributed by atoms with Crippen molar-refractivity contribution in [3.63, 3.8) is 0 Å². The Balaban J connectivity index is 1.76. The molecule has 4 nitrogen and oxygen atoms in total. The third-order valence-electron chi connectivity index (χ3n) is 3.36. The third-order valence-corrected chi connectivity index (χ3v) is 3.36. The number of hydrogen-bond acceptors (Lipinski definition) is 4. The highest BCUT2D eigenvalue weighted by molar-refractivity contribution is 5.48. The summed E-state index contributed by atoms with van der Waals surface area (Å²) >= 11 is 0. The van der Waals surface area contributed by atoms with Crippen molar-refractivity contribution in [2.45, 2.75) is 19.8 Å². The minimum absolute atomic E-state index is 0.557. The van der Waals surface area contributed by atoms with Crippen LogP contribution in [0.15, 0.2) is 48.5 Å². The van der Waals surface area contributed by atoms with Gasteiger partial charge in [0.05, 0.1) is 13.7 Å². The minimum atomic E-state index is 0.557. The molecule has 0 heterocycles. The van der Waals surface area contributed by atoms with E-state index in [4.69, 9.17) is 14.2 Å². The Morgan fingerprint density at radius 2 is 1.74 bits per heavy atom. The van der Waals surface area contributed by atoms with Crippen LogP contribution in [-0.4, -0.2) is 26.9 Å². The topological polar surface area (TPSA) is 39.7 Å². The van der Waals surface area contributed by atoms with Gasteiger partial charge in [0.25, 0.3) is 0 Å². The van der Waals surface area contributed by atoms with E-state index in [9.17, 15) is 0 Å². The summed E-state index contributed by atoms with van der Waals surface area (Å²) in [5.41, 5.74) is 1.03. The second kappa shape index (κ2) is 9.62. The van der Waals surface area contributed by atoms with Crippen LogP contribution in [0, 0.1) is 0 Å². The first kappa shape index (κ1) is 17.0. The summed E-state index contributed by atoms with van der Waals surface area (Å²) in [4.78, 5) is 0. The summed E-state index contributed by atoms with van der Waals surface area (Å²) in [7, 11) is 1.64. The molecule has 0 amide bonds. The lowest BCUT2D eigenvalue weighted by Gasteiger charge is -2.12. The van der Waals surface area contributed by atoms with Gasteiger partial charge in [-0.1, -0.05) is 31.5 Å². The fraction of sp³-hybridized carbons (Fsp3) is 0.368. The van der Waals surface area contributed by atoms with Crippen molar-refractivity contribution in [1.82, 2.24) is 0 Å². The van der Waals surface area contributed by atoms with Gasteiger partial charge in [-0.05, 0) is 30.7 Å². The maximum absolute atomic E-state index is 5.74. The van der Waals surface area contributed by atoms with Crippen molar-refractivity contribution in [3.8, 4) is 17.2 Å². The van der Waals surface area contributed by atoms with Crippen LogP contribution in [0.5, 0.6) is 17.2 Å². The van der Waals surface area contributed by atoms with Gasteiger partial charge in [-0.15, -0.1) is 0 Å². The van der Waals surface area contributed by atoms with Crippen LogP contribution >= 0.6 is 0 Å². The molecule has 0 spiro atoms. The first-order chi connectivity index (χ1) is 11.3. The predicted octanol–water partition coefficient (Wildman–Crippen LogP) is 4.37. The fourth-order valence-corrected chi connectivity index (χ4v) is 2.12. The molecule has 0 radical (unpaired) electrons. The van der Waals surface area contributed by atoms with Crippen LogP contribution in [0.1, 0.15) is 19.8 Å². The van der Waals surface area contributed by atoms with Crippen molar-refractivity contribution in [1.29, 1.82) is 0 Å². The van der Waals surface area contributed by atoms with Gasteiger partial charge in [-0.3, -0.25) is 0 Å². The SMILES string of the molecule is CCCCOc1cccc(NCCOc2ccccc2OC)c1. The van der Waals surface area contributed by atoms with Crippen molar-refractivity contribution in [3.05, 3.63) is 48.5 Å². The Kier molecular flexibility index (Phi) is 7.11. The molecule has 0 aromatic heterocycles. The molecule has 0 aliphatic carbocycles. The number of anilines is 1. The van der Waals surface area contributed by atoms with Gasteiger partial charge in [0.2, 0.25) is 0 Å². The number of hydrogen-bond donors (Lipinski definition) is 1. The number of benzene rings is 2. The maximum atomic E-state index is 5.74. The van der Waals surface area contributed by atoms with Crippen molar-refractivity contribution >= 4 is 5.69 Å². The zero-order valence-corrected chi connectivity index (χ0v) is 13.9. The van der Waals surface area contributed by atoms with Gasteiger partial charge >= 0.3 is 0 Å². The van der Waals surface area contributed by atoms with E-state index in [2.05, 4.69) is 12.2 Å². The van der Waals surface area contributed by atoms with Gasteiger partial charge in [0, 0.05) is 18.3 Å². The van der Waals surface area contributed by atoms with E-state index in [1.807, 2.05) is 48.5 Å². The fourth-order valence-electron chi connectivity index (χ4n) is 2.12. The highest BCUT2D eigenvalue weighted by atomic mass is 16.5. The van der Waals surface area contributed by atoms with Gasteiger partial charge in [-0.2, -0.15) is 0 Å². The summed E-state index contributed by atoms with van der Waals surface area (Å²) < 4.78 is 16.7. The second-order valence-corrected chi connectivity index (χ2v) is 5.16. The Morgan fingerprint density at radius 3 is 2.52 bits per heavy atom. The lowest BCUT2D eigenvalue weighted by molar-refractivity contribution is 0.305. The standard InChI is InChI=1S/C19H25NO3/c1-3-4-13-22-17-9-7-8-16(15-17)20-12-14-23-19-11-6-5-10-18(19)21-2/h5-11,15,20H,3-4,12-14H2,1-2H3. The Labute approximate surface area is 138 Å². The van der Waals surface area contributed by atoms with E-state index in [1.165, 1.54) is 0 Å². The molecule has 0 atom stereocenters. The zero-order valence-electron chi connectivity index (χ0n) is 13.9. The van der Waals surface area contributed by atoms with Gasteiger partial charge in [0.1, 0.15) is 12.4 Å². The van der Waals surface area contributed by atoms with Crippen molar-refractivity contribution < 1.29 is 14.2 Å². The predicted molar refractivity (Wildman–Crippen MR) is 93.8 cm³/mol. The molecule has 124 valence electrons. The van der Waals surface area contributed by atoms with Crippen molar-refractivity contribution in [2.75, 3.05) is 32.2 Å². The molecule has 1 N–H and O–H groups in total.